The number of hydrogen-bond donors (Lipinski definition) is 3. The Kier molecular flexibility index (Phi) is 5.48. The predicted octanol–water partition coefficient (Wildman–Crippen LogP) is 4.03. The highest BCUT2D eigenvalue weighted by Gasteiger charge is 2.17. The number of benzene rings is 1. The van der Waals surface area contributed by atoms with Crippen LogP contribution in [0.15, 0.2) is 48.8 Å². The van der Waals surface area contributed by atoms with Crippen LogP contribution in [-0.2, 0) is 0 Å². The molecule has 0 saturated heterocycles. The molecule has 0 spiro atoms. The molecule has 0 aliphatic rings. The quantitative estimate of drug-likeness (QED) is 0.454. The van der Waals surface area contributed by atoms with E-state index >= 15 is 0 Å². The van der Waals surface area contributed by atoms with Crippen LogP contribution in [0.2, 0.25) is 0 Å². The highest BCUT2D eigenvalue weighted by molar-refractivity contribution is 5.98. The van der Waals surface area contributed by atoms with Crippen LogP contribution in [0.4, 0.5) is 21.0 Å². The molecule has 2 amide bonds. The summed E-state index contributed by atoms with van der Waals surface area (Å²) < 4.78 is 14.6. The van der Waals surface area contributed by atoms with Gasteiger partial charge in [-0.2, -0.15) is 0 Å². The molecule has 4 rings (SSSR count). The first-order valence-electron chi connectivity index (χ1n) is 9.79. The minimum Gasteiger partial charge on any atom is -0.363 e. The van der Waals surface area contributed by atoms with E-state index in [0.29, 0.717) is 23.1 Å². The summed E-state index contributed by atoms with van der Waals surface area (Å²) in [6, 6.07) is 10.1. The topological polar surface area (TPSA) is 98.8 Å². The molecular weight excluding hydrogens is 397 g/mol. The van der Waals surface area contributed by atoms with Gasteiger partial charge in [0.15, 0.2) is 0 Å². The van der Waals surface area contributed by atoms with Crippen molar-refractivity contribution in [3.63, 3.8) is 0 Å². The van der Waals surface area contributed by atoms with Crippen molar-refractivity contribution in [2.75, 3.05) is 30.9 Å². The van der Waals surface area contributed by atoms with Crippen molar-refractivity contribution in [3.05, 3.63) is 54.6 Å². The standard InChI is InChI=1S/C22H22FN7O/c1-4-24-22(31)29-21-27-17-11-14(13-7-8-18(26-12-13)30(2)3)10-15(20(17)28-21)19-16(23)6-5-9-25-19/h5-12H,4H2,1-3H3,(H3,24,27,28,29,31). The summed E-state index contributed by atoms with van der Waals surface area (Å²) >= 11 is 0. The second kappa shape index (κ2) is 8.39. The average molecular weight is 419 g/mol. The molecule has 8 nitrogen and oxygen atoms in total. The number of carbonyl (C=O) groups excluding carboxylic acids is 1. The molecule has 0 aliphatic heterocycles. The van der Waals surface area contributed by atoms with E-state index in [4.69, 9.17) is 0 Å². The fraction of sp³-hybridized carbons (Fsp3) is 0.182. The fourth-order valence-electron chi connectivity index (χ4n) is 3.24. The molecule has 0 fully saturated rings. The van der Waals surface area contributed by atoms with E-state index in [1.54, 1.807) is 6.20 Å². The number of rotatable bonds is 5. The van der Waals surface area contributed by atoms with E-state index in [1.807, 2.05) is 50.2 Å². The summed E-state index contributed by atoms with van der Waals surface area (Å²) in [6.07, 6.45) is 3.30. The zero-order valence-electron chi connectivity index (χ0n) is 17.4. The van der Waals surface area contributed by atoms with E-state index in [1.165, 1.54) is 18.3 Å². The SMILES string of the molecule is CCNC(=O)Nc1nc2c(-c3ncccc3F)cc(-c3ccc(N(C)C)nc3)cc2[nH]1. The lowest BCUT2D eigenvalue weighted by Gasteiger charge is -2.12. The first-order chi connectivity index (χ1) is 15.0. The Labute approximate surface area is 178 Å². The van der Waals surface area contributed by atoms with Crippen molar-refractivity contribution >= 4 is 28.8 Å². The predicted molar refractivity (Wildman–Crippen MR) is 120 cm³/mol. The molecule has 1 aromatic carbocycles. The smallest absolute Gasteiger partial charge is 0.321 e. The van der Waals surface area contributed by atoms with Crippen molar-refractivity contribution in [1.29, 1.82) is 0 Å². The van der Waals surface area contributed by atoms with Crippen molar-refractivity contribution in [3.8, 4) is 22.4 Å². The largest absolute Gasteiger partial charge is 0.363 e. The van der Waals surface area contributed by atoms with Gasteiger partial charge in [-0.1, -0.05) is 0 Å². The molecule has 0 radical (unpaired) electrons. The van der Waals surface area contributed by atoms with Crippen LogP contribution < -0.4 is 15.5 Å². The van der Waals surface area contributed by atoms with E-state index in [0.717, 1.165) is 16.9 Å². The Balaban J connectivity index is 1.86. The first kappa shape index (κ1) is 20.3. The third-order valence-corrected chi connectivity index (χ3v) is 4.71. The number of imidazole rings is 1. The second-order valence-electron chi connectivity index (χ2n) is 7.12. The third-order valence-electron chi connectivity index (χ3n) is 4.71. The van der Waals surface area contributed by atoms with E-state index in [-0.39, 0.29) is 17.7 Å². The summed E-state index contributed by atoms with van der Waals surface area (Å²) in [6.45, 7) is 2.30. The molecule has 4 aromatic rings. The zero-order chi connectivity index (χ0) is 22.0. The molecule has 0 atom stereocenters. The van der Waals surface area contributed by atoms with Crippen molar-refractivity contribution in [2.24, 2.45) is 0 Å². The highest BCUT2D eigenvalue weighted by Crippen LogP contribution is 2.34. The molecule has 0 saturated carbocycles. The summed E-state index contributed by atoms with van der Waals surface area (Å²) in [5.41, 5.74) is 3.52. The number of amides is 2. The van der Waals surface area contributed by atoms with Gasteiger partial charge in [-0.25, -0.2) is 19.2 Å². The van der Waals surface area contributed by atoms with Crippen LogP contribution in [0, 0.1) is 5.82 Å². The average Bonchev–Trinajstić information content (AvgIpc) is 3.16. The number of halogens is 1. The molecule has 3 heterocycles. The van der Waals surface area contributed by atoms with Gasteiger partial charge in [0.1, 0.15) is 22.8 Å². The molecule has 158 valence electrons. The van der Waals surface area contributed by atoms with Gasteiger partial charge in [0, 0.05) is 44.2 Å². The van der Waals surface area contributed by atoms with Crippen LogP contribution in [0.25, 0.3) is 33.4 Å². The molecule has 0 bridgehead atoms. The van der Waals surface area contributed by atoms with Crippen molar-refractivity contribution in [2.45, 2.75) is 6.92 Å². The number of hydrogen-bond acceptors (Lipinski definition) is 5. The number of nitrogens with one attached hydrogen (secondary N) is 3. The summed E-state index contributed by atoms with van der Waals surface area (Å²) in [7, 11) is 3.84. The molecule has 9 heteroatoms. The third kappa shape index (κ3) is 4.16. The number of urea groups is 1. The van der Waals surface area contributed by atoms with Crippen LogP contribution in [0.3, 0.4) is 0 Å². The van der Waals surface area contributed by atoms with Crippen molar-refractivity contribution in [1.82, 2.24) is 25.3 Å². The maximum atomic E-state index is 14.6. The minimum atomic E-state index is -0.455. The van der Waals surface area contributed by atoms with E-state index < -0.39 is 5.82 Å². The molecule has 0 aliphatic carbocycles. The van der Waals surface area contributed by atoms with Gasteiger partial charge in [0.2, 0.25) is 5.95 Å². The van der Waals surface area contributed by atoms with Crippen molar-refractivity contribution < 1.29 is 9.18 Å². The monoisotopic (exact) mass is 419 g/mol. The number of nitrogens with zero attached hydrogens (tertiary/aromatic N) is 4. The van der Waals surface area contributed by atoms with Gasteiger partial charge < -0.3 is 15.2 Å². The van der Waals surface area contributed by atoms with E-state index in [9.17, 15) is 9.18 Å². The second-order valence-corrected chi connectivity index (χ2v) is 7.12. The van der Waals surface area contributed by atoms with Gasteiger partial charge in [-0.3, -0.25) is 10.3 Å². The fourth-order valence-corrected chi connectivity index (χ4v) is 3.24. The van der Waals surface area contributed by atoms with E-state index in [2.05, 4.69) is 30.6 Å². The van der Waals surface area contributed by atoms with Gasteiger partial charge in [0.05, 0.1) is 5.52 Å². The minimum absolute atomic E-state index is 0.184. The number of pyridine rings is 2. The zero-order valence-corrected chi connectivity index (χ0v) is 17.4. The Morgan fingerprint density at radius 2 is 2.00 bits per heavy atom. The number of anilines is 2. The molecule has 31 heavy (non-hydrogen) atoms. The lowest BCUT2D eigenvalue weighted by atomic mass is 10.0. The lowest BCUT2D eigenvalue weighted by Crippen LogP contribution is -2.28. The van der Waals surface area contributed by atoms with Gasteiger partial charge in [0.25, 0.3) is 0 Å². The number of aromatic amines is 1. The van der Waals surface area contributed by atoms with Gasteiger partial charge in [-0.15, -0.1) is 0 Å². The van der Waals surface area contributed by atoms with Crippen LogP contribution in [-0.4, -0.2) is 46.6 Å². The Bertz CT molecular complexity index is 1230. The molecular formula is C22H22FN7O. The Hall–Kier alpha value is -4.01. The molecule has 3 N–H and O–H groups in total. The number of carbonyl (C=O) groups is 1. The molecule has 0 unspecified atom stereocenters. The summed E-state index contributed by atoms with van der Waals surface area (Å²) in [5.74, 6) is 0.635. The first-order valence-corrected chi connectivity index (χ1v) is 9.79. The van der Waals surface area contributed by atoms with Gasteiger partial charge in [-0.05, 0) is 48.9 Å². The Morgan fingerprint density at radius 3 is 2.68 bits per heavy atom. The van der Waals surface area contributed by atoms with Gasteiger partial charge >= 0.3 is 6.03 Å². The number of fused-ring (bicyclic) bond motifs is 1. The maximum Gasteiger partial charge on any atom is 0.321 e. The number of aromatic nitrogens is 4. The lowest BCUT2D eigenvalue weighted by molar-refractivity contribution is 0.252. The number of H-pyrrole nitrogens is 1. The Morgan fingerprint density at radius 1 is 1.16 bits per heavy atom. The van der Waals surface area contributed by atoms with Crippen LogP contribution in [0.5, 0.6) is 0 Å². The molecule has 3 aromatic heterocycles. The van der Waals surface area contributed by atoms with Crippen LogP contribution in [0.1, 0.15) is 6.92 Å². The highest BCUT2D eigenvalue weighted by atomic mass is 19.1. The maximum absolute atomic E-state index is 14.6. The normalized spacial score (nSPS) is 10.8. The summed E-state index contributed by atoms with van der Waals surface area (Å²) in [5, 5.41) is 5.31. The summed E-state index contributed by atoms with van der Waals surface area (Å²) in [4.78, 5) is 30.1. The van der Waals surface area contributed by atoms with Crippen LogP contribution >= 0.6 is 0 Å².